The zero-order chi connectivity index (χ0) is 12.7. The summed E-state index contributed by atoms with van der Waals surface area (Å²) in [4.78, 5) is 7.86. The van der Waals surface area contributed by atoms with E-state index in [0.29, 0.717) is 17.6 Å². The zero-order valence-corrected chi connectivity index (χ0v) is 9.34. The summed E-state index contributed by atoms with van der Waals surface area (Å²) in [5.41, 5.74) is 6.49. The SMILES string of the molecule is Nc1ncnc2c1nnn2[C@H]1CC(O)[C@@H](CO)O1. The average Bonchev–Trinajstić information content (AvgIpc) is 2.93. The summed E-state index contributed by atoms with van der Waals surface area (Å²) >= 11 is 0. The van der Waals surface area contributed by atoms with E-state index in [-0.39, 0.29) is 12.4 Å². The van der Waals surface area contributed by atoms with Crippen LogP contribution in [0.25, 0.3) is 11.2 Å². The van der Waals surface area contributed by atoms with Crippen LogP contribution in [0.2, 0.25) is 0 Å². The minimum absolute atomic E-state index is 0.239. The van der Waals surface area contributed by atoms with Gasteiger partial charge in [-0.2, -0.15) is 4.68 Å². The highest BCUT2D eigenvalue weighted by molar-refractivity contribution is 5.80. The molecule has 1 aliphatic heterocycles. The van der Waals surface area contributed by atoms with E-state index >= 15 is 0 Å². The fourth-order valence-corrected chi connectivity index (χ4v) is 2.00. The smallest absolute Gasteiger partial charge is 0.186 e. The van der Waals surface area contributed by atoms with Gasteiger partial charge in [0.1, 0.15) is 12.4 Å². The van der Waals surface area contributed by atoms with Crippen molar-refractivity contribution in [3.63, 3.8) is 0 Å². The van der Waals surface area contributed by atoms with E-state index in [0.717, 1.165) is 0 Å². The standard InChI is InChI=1S/C9H12N6O3/c10-8-7-9(12-3-11-8)15(14-13-7)6-1-4(17)5(2-16)18-6/h3-6,16-17H,1-2H2,(H2,10,11,12)/t4?,5-,6-/m1/s1. The first-order chi connectivity index (χ1) is 8.70. The van der Waals surface area contributed by atoms with E-state index in [4.69, 9.17) is 15.6 Å². The lowest BCUT2D eigenvalue weighted by atomic mass is 10.2. The molecular formula is C9H12N6O3. The normalized spacial score (nSPS) is 28.0. The first kappa shape index (κ1) is 11.3. The molecule has 96 valence electrons. The number of nitrogen functional groups attached to an aromatic ring is 1. The Bertz CT molecular complexity index is 572. The van der Waals surface area contributed by atoms with E-state index < -0.39 is 18.4 Å². The Labute approximate surface area is 101 Å². The predicted molar refractivity (Wildman–Crippen MR) is 59.2 cm³/mol. The number of aromatic nitrogens is 5. The largest absolute Gasteiger partial charge is 0.394 e. The van der Waals surface area contributed by atoms with E-state index in [1.54, 1.807) is 0 Å². The average molecular weight is 252 g/mol. The van der Waals surface area contributed by atoms with Gasteiger partial charge in [0.05, 0.1) is 12.7 Å². The van der Waals surface area contributed by atoms with Crippen LogP contribution in [0.3, 0.4) is 0 Å². The second-order valence-electron chi connectivity index (χ2n) is 4.08. The maximum atomic E-state index is 9.68. The van der Waals surface area contributed by atoms with E-state index in [1.807, 2.05) is 0 Å². The Kier molecular flexibility index (Phi) is 2.58. The molecule has 0 amide bonds. The highest BCUT2D eigenvalue weighted by atomic mass is 16.5. The van der Waals surface area contributed by atoms with Gasteiger partial charge in [0.2, 0.25) is 0 Å². The molecule has 9 heteroatoms. The third kappa shape index (κ3) is 1.60. The summed E-state index contributed by atoms with van der Waals surface area (Å²) in [6.45, 7) is -0.249. The monoisotopic (exact) mass is 252 g/mol. The molecule has 4 N–H and O–H groups in total. The van der Waals surface area contributed by atoms with E-state index in [9.17, 15) is 5.11 Å². The molecule has 0 spiro atoms. The maximum absolute atomic E-state index is 9.68. The van der Waals surface area contributed by atoms with Gasteiger partial charge in [0, 0.05) is 6.42 Å². The highest BCUT2D eigenvalue weighted by Gasteiger charge is 2.36. The lowest BCUT2D eigenvalue weighted by molar-refractivity contribution is -0.0476. The van der Waals surface area contributed by atoms with Crippen LogP contribution < -0.4 is 5.73 Å². The Morgan fingerprint density at radius 3 is 3.06 bits per heavy atom. The number of hydrogen-bond donors (Lipinski definition) is 3. The number of rotatable bonds is 2. The predicted octanol–water partition coefficient (Wildman–Crippen LogP) is -1.56. The van der Waals surface area contributed by atoms with Crippen molar-refractivity contribution in [2.75, 3.05) is 12.3 Å². The van der Waals surface area contributed by atoms with Crippen LogP contribution in [-0.4, -0.2) is 54.0 Å². The molecule has 2 aromatic rings. The van der Waals surface area contributed by atoms with Crippen LogP contribution in [0.15, 0.2) is 6.33 Å². The molecule has 18 heavy (non-hydrogen) atoms. The van der Waals surface area contributed by atoms with Crippen molar-refractivity contribution in [2.45, 2.75) is 24.9 Å². The van der Waals surface area contributed by atoms with Crippen LogP contribution in [0, 0.1) is 0 Å². The van der Waals surface area contributed by atoms with Gasteiger partial charge in [0.25, 0.3) is 0 Å². The summed E-state index contributed by atoms with van der Waals surface area (Å²) in [7, 11) is 0. The third-order valence-corrected chi connectivity index (χ3v) is 2.95. The number of nitrogens with zero attached hydrogens (tertiary/aromatic N) is 5. The molecule has 0 radical (unpaired) electrons. The number of hydrogen-bond acceptors (Lipinski definition) is 8. The lowest BCUT2D eigenvalue weighted by Gasteiger charge is -2.11. The second-order valence-corrected chi connectivity index (χ2v) is 4.08. The molecule has 0 saturated carbocycles. The van der Waals surface area contributed by atoms with Crippen molar-refractivity contribution in [3.8, 4) is 0 Å². The number of ether oxygens (including phenoxy) is 1. The maximum Gasteiger partial charge on any atom is 0.186 e. The van der Waals surface area contributed by atoms with E-state index in [2.05, 4.69) is 20.3 Å². The molecule has 1 aliphatic rings. The van der Waals surface area contributed by atoms with Crippen molar-refractivity contribution in [1.82, 2.24) is 25.0 Å². The van der Waals surface area contributed by atoms with Gasteiger partial charge in [-0.15, -0.1) is 5.10 Å². The quantitative estimate of drug-likeness (QED) is 0.584. The van der Waals surface area contributed by atoms with Crippen molar-refractivity contribution in [2.24, 2.45) is 0 Å². The summed E-state index contributed by atoms with van der Waals surface area (Å²) in [6.07, 6.45) is -0.247. The number of aliphatic hydroxyl groups excluding tert-OH is 2. The van der Waals surface area contributed by atoms with Gasteiger partial charge in [0.15, 0.2) is 23.2 Å². The van der Waals surface area contributed by atoms with Crippen LogP contribution in [0.1, 0.15) is 12.6 Å². The Balaban J connectivity index is 1.99. The minimum Gasteiger partial charge on any atom is -0.394 e. The van der Waals surface area contributed by atoms with Crippen molar-refractivity contribution in [1.29, 1.82) is 0 Å². The van der Waals surface area contributed by atoms with Crippen LogP contribution >= 0.6 is 0 Å². The molecule has 0 aromatic carbocycles. The van der Waals surface area contributed by atoms with Gasteiger partial charge in [-0.3, -0.25) is 0 Å². The fourth-order valence-electron chi connectivity index (χ4n) is 2.00. The van der Waals surface area contributed by atoms with Crippen LogP contribution in [0.4, 0.5) is 5.82 Å². The van der Waals surface area contributed by atoms with Crippen molar-refractivity contribution < 1.29 is 14.9 Å². The van der Waals surface area contributed by atoms with Gasteiger partial charge < -0.3 is 20.7 Å². The molecule has 1 saturated heterocycles. The van der Waals surface area contributed by atoms with Crippen molar-refractivity contribution >= 4 is 17.0 Å². The van der Waals surface area contributed by atoms with Gasteiger partial charge in [-0.05, 0) is 0 Å². The number of nitrogens with two attached hydrogens (primary N) is 1. The Hall–Kier alpha value is -1.84. The summed E-state index contributed by atoms with van der Waals surface area (Å²) in [6, 6.07) is 0. The Morgan fingerprint density at radius 2 is 2.33 bits per heavy atom. The molecule has 0 bridgehead atoms. The highest BCUT2D eigenvalue weighted by Crippen LogP contribution is 2.29. The number of aliphatic hydroxyl groups is 2. The number of anilines is 1. The van der Waals surface area contributed by atoms with Crippen LogP contribution in [0.5, 0.6) is 0 Å². The van der Waals surface area contributed by atoms with Crippen LogP contribution in [-0.2, 0) is 4.74 Å². The minimum atomic E-state index is -0.738. The molecular weight excluding hydrogens is 240 g/mol. The summed E-state index contributed by atoms with van der Waals surface area (Å²) in [5.74, 6) is 0.239. The van der Waals surface area contributed by atoms with Gasteiger partial charge in [-0.1, -0.05) is 5.21 Å². The fraction of sp³-hybridized carbons (Fsp3) is 0.556. The first-order valence-corrected chi connectivity index (χ1v) is 5.46. The van der Waals surface area contributed by atoms with Gasteiger partial charge in [-0.25, -0.2) is 9.97 Å². The first-order valence-electron chi connectivity index (χ1n) is 5.46. The molecule has 2 aromatic heterocycles. The number of fused-ring (bicyclic) bond motifs is 1. The third-order valence-electron chi connectivity index (χ3n) is 2.95. The summed E-state index contributed by atoms with van der Waals surface area (Å²) < 4.78 is 6.91. The molecule has 0 aliphatic carbocycles. The zero-order valence-electron chi connectivity index (χ0n) is 9.34. The topological polar surface area (TPSA) is 132 Å². The molecule has 3 rings (SSSR count). The second kappa shape index (κ2) is 4.12. The lowest BCUT2D eigenvalue weighted by Crippen LogP contribution is -2.24. The van der Waals surface area contributed by atoms with Gasteiger partial charge >= 0.3 is 0 Å². The molecule has 3 atom stereocenters. The molecule has 3 heterocycles. The van der Waals surface area contributed by atoms with E-state index in [1.165, 1.54) is 11.0 Å². The molecule has 1 fully saturated rings. The molecule has 1 unspecified atom stereocenters. The summed E-state index contributed by atoms with van der Waals surface area (Å²) in [5, 5.41) is 26.5. The molecule has 9 nitrogen and oxygen atoms in total. The Morgan fingerprint density at radius 1 is 1.50 bits per heavy atom. The van der Waals surface area contributed by atoms with Crippen molar-refractivity contribution in [3.05, 3.63) is 6.33 Å².